The largest absolute Gasteiger partial charge is 0.351 e. The number of nitrogens with zero attached hydrogens (tertiary/aromatic N) is 3. The van der Waals surface area contributed by atoms with Crippen molar-refractivity contribution in [3.63, 3.8) is 0 Å². The van der Waals surface area contributed by atoms with Crippen molar-refractivity contribution in [3.8, 4) is 0 Å². The van der Waals surface area contributed by atoms with Crippen molar-refractivity contribution in [2.24, 2.45) is 4.99 Å². The topological polar surface area (TPSA) is 83.3 Å². The van der Waals surface area contributed by atoms with Gasteiger partial charge in [-0.15, -0.1) is 0 Å². The van der Waals surface area contributed by atoms with Gasteiger partial charge in [-0.3, -0.25) is 9.79 Å². The minimum Gasteiger partial charge on any atom is -0.351 e. The molecule has 7 heteroatoms. The number of hydrogen-bond acceptors (Lipinski definition) is 3. The smallest absolute Gasteiger partial charge is 0.239 e. The zero-order valence-electron chi connectivity index (χ0n) is 14.6. The van der Waals surface area contributed by atoms with Crippen LogP contribution < -0.4 is 16.0 Å². The number of rotatable bonds is 4. The molecule has 0 atom stereocenters. The van der Waals surface area contributed by atoms with Crippen LogP contribution in [0.25, 0.3) is 0 Å². The molecule has 3 N–H and O–H groups in total. The first kappa shape index (κ1) is 17.3. The van der Waals surface area contributed by atoms with Crippen molar-refractivity contribution in [2.75, 3.05) is 13.6 Å². The molecule has 0 bridgehead atoms. The van der Waals surface area contributed by atoms with Crippen LogP contribution >= 0.6 is 0 Å². The average Bonchev–Trinajstić information content (AvgIpc) is 2.88. The van der Waals surface area contributed by atoms with Gasteiger partial charge in [-0.05, 0) is 33.6 Å². The molecule has 23 heavy (non-hydrogen) atoms. The Bertz CT molecular complexity index is 546. The van der Waals surface area contributed by atoms with E-state index in [1.54, 1.807) is 7.05 Å². The number of carbonyl (C=O) groups excluding carboxylic acids is 1. The Morgan fingerprint density at radius 2 is 2.13 bits per heavy atom. The number of aliphatic imine (C=N–C) groups is 1. The molecule has 1 aliphatic rings. The Kier molecular flexibility index (Phi) is 5.63. The van der Waals surface area contributed by atoms with Crippen LogP contribution in [0, 0.1) is 0 Å². The molecule has 7 nitrogen and oxygen atoms in total. The second-order valence-electron chi connectivity index (χ2n) is 6.88. The summed E-state index contributed by atoms with van der Waals surface area (Å²) in [6, 6.07) is 0. The highest BCUT2D eigenvalue weighted by Gasteiger charge is 2.14. The lowest BCUT2D eigenvalue weighted by atomic mass is 10.1. The third kappa shape index (κ3) is 5.58. The summed E-state index contributed by atoms with van der Waals surface area (Å²) in [4.78, 5) is 20.6. The van der Waals surface area contributed by atoms with E-state index in [4.69, 9.17) is 0 Å². The molecule has 0 aromatic carbocycles. The summed E-state index contributed by atoms with van der Waals surface area (Å²) in [5.74, 6) is 1.71. The van der Waals surface area contributed by atoms with E-state index in [-0.39, 0.29) is 18.0 Å². The number of carbonyl (C=O) groups is 1. The quantitative estimate of drug-likeness (QED) is 0.566. The highest BCUT2D eigenvalue weighted by molar-refractivity contribution is 5.86. The number of amides is 1. The molecule has 1 aromatic rings. The Balaban J connectivity index is 1.79. The molecule has 128 valence electrons. The molecular weight excluding hydrogens is 292 g/mol. The second kappa shape index (κ2) is 7.48. The summed E-state index contributed by atoms with van der Waals surface area (Å²) in [5.41, 5.74) is 0.773. The minimum atomic E-state index is -0.231. The lowest BCUT2D eigenvalue weighted by Crippen LogP contribution is -2.48. The van der Waals surface area contributed by atoms with Gasteiger partial charge in [-0.1, -0.05) is 0 Å². The van der Waals surface area contributed by atoms with Crippen molar-refractivity contribution in [2.45, 2.75) is 58.7 Å². The first-order valence-electron chi connectivity index (χ1n) is 8.18. The monoisotopic (exact) mass is 320 g/mol. The molecule has 0 saturated carbocycles. The van der Waals surface area contributed by atoms with Crippen LogP contribution in [0.5, 0.6) is 0 Å². The first-order valence-corrected chi connectivity index (χ1v) is 8.18. The van der Waals surface area contributed by atoms with Crippen LogP contribution in [0.1, 0.15) is 45.1 Å². The summed E-state index contributed by atoms with van der Waals surface area (Å²) in [6.07, 6.45) is 5.60. The number of hydrogen-bond donors (Lipinski definition) is 3. The van der Waals surface area contributed by atoms with E-state index in [9.17, 15) is 4.79 Å². The van der Waals surface area contributed by atoms with Crippen LogP contribution in [0.15, 0.2) is 11.2 Å². The van der Waals surface area contributed by atoms with E-state index < -0.39 is 0 Å². The predicted molar refractivity (Wildman–Crippen MR) is 91.3 cm³/mol. The van der Waals surface area contributed by atoms with Crippen LogP contribution in [0.3, 0.4) is 0 Å². The maximum Gasteiger partial charge on any atom is 0.239 e. The van der Waals surface area contributed by atoms with Crippen LogP contribution in [0.4, 0.5) is 0 Å². The fourth-order valence-corrected chi connectivity index (χ4v) is 2.58. The van der Waals surface area contributed by atoms with E-state index >= 15 is 0 Å². The van der Waals surface area contributed by atoms with Gasteiger partial charge in [0.1, 0.15) is 5.82 Å². The maximum atomic E-state index is 11.8. The van der Waals surface area contributed by atoms with Gasteiger partial charge in [0.15, 0.2) is 5.96 Å². The Morgan fingerprint density at radius 3 is 2.78 bits per heavy atom. The van der Waals surface area contributed by atoms with Crippen molar-refractivity contribution in [1.82, 2.24) is 25.5 Å². The van der Waals surface area contributed by atoms with Gasteiger partial charge in [-0.25, -0.2) is 4.98 Å². The molecule has 1 aromatic heterocycles. The van der Waals surface area contributed by atoms with Gasteiger partial charge < -0.3 is 20.5 Å². The van der Waals surface area contributed by atoms with Gasteiger partial charge in [0.05, 0.1) is 18.8 Å². The summed E-state index contributed by atoms with van der Waals surface area (Å²) in [6.45, 7) is 7.72. The van der Waals surface area contributed by atoms with Crippen molar-refractivity contribution in [1.29, 1.82) is 0 Å². The number of aromatic nitrogens is 2. The Hall–Kier alpha value is -2.05. The molecule has 1 aliphatic heterocycles. The van der Waals surface area contributed by atoms with Crippen LogP contribution in [0.2, 0.25) is 0 Å². The molecule has 0 radical (unpaired) electrons. The van der Waals surface area contributed by atoms with E-state index in [1.165, 1.54) is 18.7 Å². The molecule has 0 spiro atoms. The minimum absolute atomic E-state index is 0.0575. The first-order chi connectivity index (χ1) is 10.9. The molecule has 0 saturated heterocycles. The lowest BCUT2D eigenvalue weighted by Gasteiger charge is -2.21. The Labute approximate surface area is 138 Å². The molecule has 0 unspecified atom stereocenters. The molecule has 2 rings (SSSR count). The number of fused-ring (bicyclic) bond motifs is 1. The standard InChI is InChI=1S/C16H28N6O/c1-16(2,3)21-14(23)10-19-15(17-4)18-9-12-11-22-8-6-5-7-13(22)20-12/h11H,5-10H2,1-4H3,(H,21,23)(H2,17,18,19). The van der Waals surface area contributed by atoms with Crippen LogP contribution in [-0.4, -0.2) is 40.5 Å². The zero-order chi connectivity index (χ0) is 16.9. The predicted octanol–water partition coefficient (Wildman–Crippen LogP) is 0.799. The van der Waals surface area contributed by atoms with Gasteiger partial charge in [0.2, 0.25) is 5.91 Å². The maximum absolute atomic E-state index is 11.8. The van der Waals surface area contributed by atoms with Gasteiger partial charge in [0, 0.05) is 31.7 Å². The number of imidazole rings is 1. The molecule has 0 aliphatic carbocycles. The van der Waals surface area contributed by atoms with E-state index in [2.05, 4.69) is 36.7 Å². The fraction of sp³-hybridized carbons (Fsp3) is 0.688. The highest BCUT2D eigenvalue weighted by atomic mass is 16.2. The molecule has 0 fully saturated rings. The third-order valence-corrected chi connectivity index (χ3v) is 3.55. The van der Waals surface area contributed by atoms with E-state index in [0.29, 0.717) is 12.5 Å². The zero-order valence-corrected chi connectivity index (χ0v) is 14.6. The van der Waals surface area contributed by atoms with Crippen molar-refractivity contribution < 1.29 is 4.79 Å². The van der Waals surface area contributed by atoms with Crippen molar-refractivity contribution >= 4 is 11.9 Å². The molecule has 2 heterocycles. The number of nitrogens with one attached hydrogen (secondary N) is 3. The number of aryl methyl sites for hydroxylation is 2. The normalized spacial score (nSPS) is 15.0. The summed E-state index contributed by atoms with van der Waals surface area (Å²) in [7, 11) is 1.69. The Morgan fingerprint density at radius 1 is 1.35 bits per heavy atom. The van der Waals surface area contributed by atoms with Gasteiger partial charge in [-0.2, -0.15) is 0 Å². The molecular formula is C16H28N6O. The van der Waals surface area contributed by atoms with Crippen LogP contribution in [-0.2, 0) is 24.3 Å². The van der Waals surface area contributed by atoms with E-state index in [0.717, 1.165) is 18.7 Å². The third-order valence-electron chi connectivity index (χ3n) is 3.55. The SMILES string of the molecule is CN=C(NCC(=O)NC(C)(C)C)NCc1cn2c(n1)CCCC2. The van der Waals surface area contributed by atoms with E-state index in [1.807, 2.05) is 20.8 Å². The summed E-state index contributed by atoms with van der Waals surface area (Å²) < 4.78 is 2.23. The van der Waals surface area contributed by atoms with Crippen molar-refractivity contribution in [3.05, 3.63) is 17.7 Å². The number of guanidine groups is 1. The molecule has 1 amide bonds. The second-order valence-corrected chi connectivity index (χ2v) is 6.88. The fourth-order valence-electron chi connectivity index (χ4n) is 2.58. The summed E-state index contributed by atoms with van der Waals surface area (Å²) >= 11 is 0. The lowest BCUT2D eigenvalue weighted by molar-refractivity contribution is -0.121. The summed E-state index contributed by atoms with van der Waals surface area (Å²) in [5, 5.41) is 9.12. The van der Waals surface area contributed by atoms with Gasteiger partial charge >= 0.3 is 0 Å². The van der Waals surface area contributed by atoms with Gasteiger partial charge in [0.25, 0.3) is 0 Å². The highest BCUT2D eigenvalue weighted by Crippen LogP contribution is 2.14. The average molecular weight is 320 g/mol.